The molecule has 0 bridgehead atoms. The van der Waals surface area contributed by atoms with E-state index in [2.05, 4.69) is 16.5 Å². The Morgan fingerprint density at radius 2 is 2.29 bits per heavy atom. The minimum atomic E-state index is -0.224. The quantitative estimate of drug-likeness (QED) is 0.756. The Balaban J connectivity index is 2.39. The van der Waals surface area contributed by atoms with E-state index in [-0.39, 0.29) is 5.97 Å². The number of imidazole rings is 1. The zero-order valence-corrected chi connectivity index (χ0v) is 10.8. The Morgan fingerprint density at radius 3 is 2.94 bits per heavy atom. The molecule has 0 fully saturated rings. The topological polar surface area (TPSA) is 44.1 Å². The zero-order valence-electron chi connectivity index (χ0n) is 10.8. The summed E-state index contributed by atoms with van der Waals surface area (Å²) >= 11 is 0. The molecule has 0 radical (unpaired) electrons. The van der Waals surface area contributed by atoms with E-state index >= 15 is 0 Å². The van der Waals surface area contributed by atoms with Crippen LogP contribution in [-0.4, -0.2) is 22.1 Å². The average Bonchev–Trinajstić information content (AvgIpc) is 2.66. The molecule has 0 aliphatic carbocycles. The smallest absolute Gasteiger partial charge is 0.356 e. The summed E-state index contributed by atoms with van der Waals surface area (Å²) in [5, 5.41) is 0. The minimum Gasteiger partial charge on any atom is -0.461 e. The SMILES string of the molecule is CCOC(=O)c1c(CC)nc2n1CC[C@H](C)C2. The minimum absolute atomic E-state index is 0.224. The van der Waals surface area contributed by atoms with E-state index in [1.54, 1.807) is 0 Å². The van der Waals surface area contributed by atoms with Crippen molar-refractivity contribution in [2.45, 2.75) is 46.6 Å². The number of fused-ring (bicyclic) bond motifs is 1. The van der Waals surface area contributed by atoms with Gasteiger partial charge >= 0.3 is 5.97 Å². The van der Waals surface area contributed by atoms with Gasteiger partial charge in [0, 0.05) is 13.0 Å². The van der Waals surface area contributed by atoms with Gasteiger partial charge in [0.2, 0.25) is 0 Å². The van der Waals surface area contributed by atoms with E-state index < -0.39 is 0 Å². The number of rotatable bonds is 3. The Bertz CT molecular complexity index is 423. The first-order chi connectivity index (χ1) is 8.17. The number of aromatic nitrogens is 2. The van der Waals surface area contributed by atoms with Crippen molar-refractivity contribution in [2.75, 3.05) is 6.61 Å². The van der Waals surface area contributed by atoms with Crippen LogP contribution in [0.2, 0.25) is 0 Å². The molecular weight excluding hydrogens is 216 g/mol. The molecule has 1 aliphatic rings. The van der Waals surface area contributed by atoms with E-state index in [1.807, 2.05) is 13.8 Å². The third-order valence-electron chi connectivity index (χ3n) is 3.30. The lowest BCUT2D eigenvalue weighted by Crippen LogP contribution is -2.21. The van der Waals surface area contributed by atoms with Gasteiger partial charge in [-0.25, -0.2) is 9.78 Å². The van der Waals surface area contributed by atoms with Crippen LogP contribution in [-0.2, 0) is 24.1 Å². The number of hydrogen-bond donors (Lipinski definition) is 0. The van der Waals surface area contributed by atoms with Crippen molar-refractivity contribution in [1.82, 2.24) is 9.55 Å². The van der Waals surface area contributed by atoms with Crippen LogP contribution in [0.4, 0.5) is 0 Å². The second-order valence-corrected chi connectivity index (χ2v) is 4.65. The highest BCUT2D eigenvalue weighted by Gasteiger charge is 2.26. The summed E-state index contributed by atoms with van der Waals surface area (Å²) < 4.78 is 7.17. The van der Waals surface area contributed by atoms with Gasteiger partial charge in [0.1, 0.15) is 5.82 Å². The van der Waals surface area contributed by atoms with Gasteiger partial charge in [-0.1, -0.05) is 13.8 Å². The fourth-order valence-electron chi connectivity index (χ4n) is 2.39. The van der Waals surface area contributed by atoms with E-state index in [1.165, 1.54) is 0 Å². The van der Waals surface area contributed by atoms with Crippen molar-refractivity contribution in [3.63, 3.8) is 0 Å². The first-order valence-electron chi connectivity index (χ1n) is 6.42. The Labute approximate surface area is 102 Å². The second kappa shape index (κ2) is 4.90. The molecule has 1 aliphatic heterocycles. The number of esters is 1. The lowest BCUT2D eigenvalue weighted by atomic mass is 10.0. The molecule has 1 aromatic heterocycles. The van der Waals surface area contributed by atoms with Crippen LogP contribution in [0.1, 0.15) is 49.2 Å². The van der Waals surface area contributed by atoms with Gasteiger partial charge in [-0.05, 0) is 25.7 Å². The van der Waals surface area contributed by atoms with E-state index in [9.17, 15) is 4.79 Å². The summed E-state index contributed by atoms with van der Waals surface area (Å²) in [6.07, 6.45) is 2.86. The molecule has 2 heterocycles. The molecule has 94 valence electrons. The van der Waals surface area contributed by atoms with Crippen LogP contribution < -0.4 is 0 Å². The van der Waals surface area contributed by atoms with Crippen molar-refractivity contribution >= 4 is 5.97 Å². The van der Waals surface area contributed by atoms with E-state index in [4.69, 9.17) is 4.74 Å². The largest absolute Gasteiger partial charge is 0.461 e. The molecule has 17 heavy (non-hydrogen) atoms. The van der Waals surface area contributed by atoms with Crippen molar-refractivity contribution in [3.05, 3.63) is 17.2 Å². The molecular formula is C13H20N2O2. The third-order valence-corrected chi connectivity index (χ3v) is 3.30. The lowest BCUT2D eigenvalue weighted by Gasteiger charge is -2.20. The maximum absolute atomic E-state index is 12.0. The summed E-state index contributed by atoms with van der Waals surface area (Å²) in [6.45, 7) is 7.39. The van der Waals surface area contributed by atoms with Gasteiger partial charge in [0.15, 0.2) is 5.69 Å². The number of carbonyl (C=O) groups excluding carboxylic acids is 1. The number of carbonyl (C=O) groups is 1. The van der Waals surface area contributed by atoms with E-state index in [0.29, 0.717) is 18.2 Å². The third kappa shape index (κ3) is 2.21. The molecule has 0 amide bonds. The van der Waals surface area contributed by atoms with Gasteiger partial charge in [-0.2, -0.15) is 0 Å². The maximum atomic E-state index is 12.0. The van der Waals surface area contributed by atoms with Crippen LogP contribution in [0.25, 0.3) is 0 Å². The molecule has 0 saturated heterocycles. The van der Waals surface area contributed by atoms with Crippen LogP contribution >= 0.6 is 0 Å². The summed E-state index contributed by atoms with van der Waals surface area (Å²) in [4.78, 5) is 16.5. The fourth-order valence-corrected chi connectivity index (χ4v) is 2.39. The van der Waals surface area contributed by atoms with Crippen LogP contribution in [0, 0.1) is 5.92 Å². The molecule has 0 aromatic carbocycles. The molecule has 0 spiro atoms. The zero-order chi connectivity index (χ0) is 12.4. The summed E-state index contributed by atoms with van der Waals surface area (Å²) in [6, 6.07) is 0. The highest BCUT2D eigenvalue weighted by Crippen LogP contribution is 2.24. The molecule has 0 unspecified atom stereocenters. The Kier molecular flexibility index (Phi) is 3.50. The van der Waals surface area contributed by atoms with Crippen molar-refractivity contribution in [3.8, 4) is 0 Å². The molecule has 2 rings (SSSR count). The molecule has 1 aromatic rings. The van der Waals surface area contributed by atoms with Crippen LogP contribution in [0.5, 0.6) is 0 Å². The highest BCUT2D eigenvalue weighted by molar-refractivity contribution is 5.89. The molecule has 4 heteroatoms. The predicted octanol–water partition coefficient (Wildman–Crippen LogP) is 2.20. The number of hydrogen-bond acceptors (Lipinski definition) is 3. The normalized spacial score (nSPS) is 18.9. The van der Waals surface area contributed by atoms with Crippen LogP contribution in [0.3, 0.4) is 0 Å². The maximum Gasteiger partial charge on any atom is 0.356 e. The van der Waals surface area contributed by atoms with Crippen molar-refractivity contribution < 1.29 is 9.53 Å². The van der Waals surface area contributed by atoms with Gasteiger partial charge in [-0.3, -0.25) is 0 Å². The first kappa shape index (κ1) is 12.1. The molecule has 4 nitrogen and oxygen atoms in total. The Morgan fingerprint density at radius 1 is 1.53 bits per heavy atom. The van der Waals surface area contributed by atoms with Crippen molar-refractivity contribution in [2.24, 2.45) is 5.92 Å². The first-order valence-corrected chi connectivity index (χ1v) is 6.42. The molecule has 1 atom stereocenters. The summed E-state index contributed by atoms with van der Waals surface area (Å²) in [7, 11) is 0. The van der Waals surface area contributed by atoms with Gasteiger partial charge in [0.05, 0.1) is 12.3 Å². The predicted molar refractivity (Wildman–Crippen MR) is 65.0 cm³/mol. The van der Waals surface area contributed by atoms with Gasteiger partial charge in [0.25, 0.3) is 0 Å². The molecule has 0 saturated carbocycles. The Hall–Kier alpha value is -1.32. The lowest BCUT2D eigenvalue weighted by molar-refractivity contribution is 0.0510. The van der Waals surface area contributed by atoms with E-state index in [0.717, 1.165) is 37.3 Å². The van der Waals surface area contributed by atoms with Crippen molar-refractivity contribution in [1.29, 1.82) is 0 Å². The van der Waals surface area contributed by atoms with Gasteiger partial charge < -0.3 is 9.30 Å². The summed E-state index contributed by atoms with van der Waals surface area (Å²) in [5.41, 5.74) is 1.56. The standard InChI is InChI=1S/C13H20N2O2/c1-4-10-12(13(16)17-5-2)15-7-6-9(3)8-11(15)14-10/h9H,4-8H2,1-3H3/t9-/m0/s1. The average molecular weight is 236 g/mol. The second-order valence-electron chi connectivity index (χ2n) is 4.65. The number of nitrogens with zero attached hydrogens (tertiary/aromatic N) is 2. The molecule has 0 N–H and O–H groups in total. The van der Waals surface area contributed by atoms with Crippen LogP contribution in [0.15, 0.2) is 0 Å². The van der Waals surface area contributed by atoms with Gasteiger partial charge in [-0.15, -0.1) is 0 Å². The monoisotopic (exact) mass is 236 g/mol. The number of aryl methyl sites for hydroxylation is 1. The summed E-state index contributed by atoms with van der Waals surface area (Å²) in [5.74, 6) is 1.48. The number of ether oxygens (including phenoxy) is 1. The highest BCUT2D eigenvalue weighted by atomic mass is 16.5. The fraction of sp³-hybridized carbons (Fsp3) is 0.692.